The van der Waals surface area contributed by atoms with Crippen LogP contribution in [0.4, 0.5) is 0 Å². The molecule has 49 heavy (non-hydrogen) atoms. The monoisotopic (exact) mass is 678 g/mol. The molecular formula is C39H50O10. The van der Waals surface area contributed by atoms with Gasteiger partial charge in [-0.2, -0.15) is 0 Å². The third kappa shape index (κ3) is 15.6. The molecule has 0 saturated carbocycles. The summed E-state index contributed by atoms with van der Waals surface area (Å²) in [6.07, 6.45) is 9.82. The van der Waals surface area contributed by atoms with Gasteiger partial charge in [0, 0.05) is 6.08 Å². The highest BCUT2D eigenvalue weighted by Gasteiger charge is 2.17. The molecule has 0 aliphatic rings. The van der Waals surface area contributed by atoms with E-state index in [4.69, 9.17) is 38.3 Å². The quantitative estimate of drug-likeness (QED) is 0.0160. The summed E-state index contributed by atoms with van der Waals surface area (Å²) in [6.45, 7) is 11.5. The average Bonchev–Trinajstić information content (AvgIpc) is 3.12. The minimum absolute atomic E-state index is 0.0370. The fourth-order valence-corrected chi connectivity index (χ4v) is 4.78. The number of ether oxygens (including phenoxy) is 5. The zero-order chi connectivity index (χ0) is 34.9. The molecule has 0 saturated heterocycles. The summed E-state index contributed by atoms with van der Waals surface area (Å²) in [7, 11) is 0. The molecule has 3 rings (SSSR count). The second-order valence-electron chi connectivity index (χ2n) is 11.2. The van der Waals surface area contributed by atoms with Gasteiger partial charge in [0.05, 0.1) is 26.4 Å². The van der Waals surface area contributed by atoms with Gasteiger partial charge in [-0.25, -0.2) is 19.5 Å². The Bertz CT molecular complexity index is 1360. The van der Waals surface area contributed by atoms with Gasteiger partial charge in [-0.05, 0) is 117 Å². The molecule has 10 heteroatoms. The zero-order valence-electron chi connectivity index (χ0n) is 28.5. The van der Waals surface area contributed by atoms with E-state index < -0.39 is 6.10 Å². The maximum Gasteiger partial charge on any atom is 0.330 e. The van der Waals surface area contributed by atoms with Crippen molar-refractivity contribution in [2.24, 2.45) is 0 Å². The normalized spacial score (nSPS) is 11.4. The lowest BCUT2D eigenvalue weighted by molar-refractivity contribution is -0.286. The van der Waals surface area contributed by atoms with Crippen LogP contribution in [0.1, 0.15) is 74.2 Å². The number of aryl methyl sites for hydroxylation is 1. The van der Waals surface area contributed by atoms with E-state index in [1.54, 1.807) is 6.08 Å². The van der Waals surface area contributed by atoms with Crippen molar-refractivity contribution in [3.05, 3.63) is 109 Å². The number of esters is 1. The van der Waals surface area contributed by atoms with E-state index in [9.17, 15) is 10.1 Å². The second-order valence-corrected chi connectivity index (χ2v) is 11.2. The summed E-state index contributed by atoms with van der Waals surface area (Å²) in [4.78, 5) is 25.8. The minimum Gasteiger partial charge on any atom is -0.494 e. The average molecular weight is 679 g/mol. The maximum absolute atomic E-state index is 11.0. The molecule has 10 nitrogen and oxygen atoms in total. The van der Waals surface area contributed by atoms with E-state index in [-0.39, 0.29) is 12.8 Å². The minimum atomic E-state index is -0.670. The highest BCUT2D eigenvalue weighted by Crippen LogP contribution is 2.30. The topological polar surface area (TPSA) is 111 Å². The van der Waals surface area contributed by atoms with Crippen LogP contribution in [-0.2, 0) is 24.2 Å². The van der Waals surface area contributed by atoms with Crippen LogP contribution < -0.4 is 18.9 Å². The molecule has 3 aromatic rings. The predicted octanol–water partition coefficient (Wildman–Crippen LogP) is 8.73. The van der Waals surface area contributed by atoms with Crippen LogP contribution >= 0.6 is 0 Å². The van der Waals surface area contributed by atoms with E-state index in [1.807, 2.05) is 73.7 Å². The molecule has 0 aliphatic carbocycles. The van der Waals surface area contributed by atoms with Crippen LogP contribution in [0.15, 0.2) is 92.0 Å². The van der Waals surface area contributed by atoms with Crippen LogP contribution in [0.5, 0.6) is 23.0 Å². The number of rotatable bonds is 27. The predicted molar refractivity (Wildman–Crippen MR) is 187 cm³/mol. The summed E-state index contributed by atoms with van der Waals surface area (Å²) in [6, 6.07) is 20.5. The zero-order valence-corrected chi connectivity index (χ0v) is 28.5. The first-order valence-corrected chi connectivity index (χ1v) is 16.8. The molecule has 1 atom stereocenters. The van der Waals surface area contributed by atoms with Crippen molar-refractivity contribution in [2.45, 2.75) is 64.4 Å². The summed E-state index contributed by atoms with van der Waals surface area (Å²) in [5.74, 6) is 2.48. The number of hydrogen-bond acceptors (Lipinski definition) is 10. The molecule has 0 spiro atoms. The van der Waals surface area contributed by atoms with Crippen LogP contribution in [0.25, 0.3) is 0 Å². The standard InChI is InChI=1S/C39H50O10/c1-4-24-47-48-28-13-9-8-11-26-43-35-19-21-36(22-20-35)45-30-46-37-23-16-33(29-31(37)3)39(49-41)32-14-17-34(18-15-32)42-25-10-6-7-12-27-44-38(40)5-2/h4-5,14-23,29,39,41H,1-2,6-13,24-28,30H2,3H3. The van der Waals surface area contributed by atoms with Gasteiger partial charge in [0.2, 0.25) is 6.79 Å². The molecule has 3 aromatic carbocycles. The third-order valence-electron chi connectivity index (χ3n) is 7.43. The highest BCUT2D eigenvalue weighted by molar-refractivity contribution is 5.81. The van der Waals surface area contributed by atoms with Gasteiger partial charge in [-0.15, -0.1) is 6.58 Å². The fraction of sp³-hybridized carbons (Fsp3) is 0.410. The van der Waals surface area contributed by atoms with E-state index in [0.29, 0.717) is 44.5 Å². The second kappa shape index (κ2) is 23.9. The van der Waals surface area contributed by atoms with Gasteiger partial charge in [0.1, 0.15) is 35.7 Å². The summed E-state index contributed by atoms with van der Waals surface area (Å²) >= 11 is 0. The number of carbonyl (C=O) groups excluding carboxylic acids is 1. The van der Waals surface area contributed by atoms with Crippen LogP contribution in [0.3, 0.4) is 0 Å². The molecule has 1 unspecified atom stereocenters. The van der Waals surface area contributed by atoms with Crippen molar-refractivity contribution in [3.63, 3.8) is 0 Å². The Balaban J connectivity index is 1.34. The van der Waals surface area contributed by atoms with E-state index >= 15 is 0 Å². The van der Waals surface area contributed by atoms with Crippen molar-refractivity contribution < 1.29 is 48.4 Å². The molecule has 0 aromatic heterocycles. The Morgan fingerprint density at radius 2 is 1.22 bits per heavy atom. The molecule has 1 N–H and O–H groups in total. The van der Waals surface area contributed by atoms with E-state index in [2.05, 4.69) is 13.2 Å². The lowest BCUT2D eigenvalue weighted by Crippen LogP contribution is -2.08. The molecule has 0 heterocycles. The Morgan fingerprint density at radius 1 is 0.673 bits per heavy atom. The number of hydrogen-bond donors (Lipinski definition) is 1. The van der Waals surface area contributed by atoms with Gasteiger partial charge in [0.15, 0.2) is 0 Å². The first kappa shape index (κ1) is 39.1. The van der Waals surface area contributed by atoms with Crippen molar-refractivity contribution >= 4 is 5.97 Å². The summed E-state index contributed by atoms with van der Waals surface area (Å²) in [5.41, 5.74) is 2.43. The lowest BCUT2D eigenvalue weighted by atomic mass is 9.99. The van der Waals surface area contributed by atoms with Crippen molar-refractivity contribution in [1.82, 2.24) is 0 Å². The number of unbranched alkanes of at least 4 members (excludes halogenated alkanes) is 6. The van der Waals surface area contributed by atoms with Crippen LogP contribution in [0.2, 0.25) is 0 Å². The van der Waals surface area contributed by atoms with Crippen molar-refractivity contribution in [3.8, 4) is 23.0 Å². The van der Waals surface area contributed by atoms with Crippen LogP contribution in [-0.4, -0.2) is 51.1 Å². The summed E-state index contributed by atoms with van der Waals surface area (Å²) < 4.78 is 28.3. The molecule has 0 radical (unpaired) electrons. The molecule has 0 bridgehead atoms. The largest absolute Gasteiger partial charge is 0.494 e. The van der Waals surface area contributed by atoms with Gasteiger partial charge in [0.25, 0.3) is 0 Å². The van der Waals surface area contributed by atoms with E-state index in [0.717, 1.165) is 79.6 Å². The highest BCUT2D eigenvalue weighted by atomic mass is 17.2. The number of carbonyl (C=O) groups is 1. The Hall–Kier alpha value is -4.35. The Kier molecular flexibility index (Phi) is 19.1. The third-order valence-corrected chi connectivity index (χ3v) is 7.43. The molecular weight excluding hydrogens is 628 g/mol. The first-order chi connectivity index (χ1) is 24.0. The van der Waals surface area contributed by atoms with E-state index in [1.165, 1.54) is 6.08 Å². The molecule has 0 aliphatic heterocycles. The van der Waals surface area contributed by atoms with Gasteiger partial charge in [-0.1, -0.05) is 37.3 Å². The van der Waals surface area contributed by atoms with Crippen molar-refractivity contribution in [1.29, 1.82) is 0 Å². The maximum atomic E-state index is 11.0. The smallest absolute Gasteiger partial charge is 0.330 e. The molecule has 0 fully saturated rings. The first-order valence-electron chi connectivity index (χ1n) is 16.8. The van der Waals surface area contributed by atoms with Gasteiger partial charge < -0.3 is 23.7 Å². The van der Waals surface area contributed by atoms with Gasteiger partial charge in [-0.3, -0.25) is 5.26 Å². The van der Waals surface area contributed by atoms with Crippen molar-refractivity contribution in [2.75, 3.05) is 39.8 Å². The SMILES string of the molecule is C=CCOOCCCCCCOc1ccc(OCOc2ccc(C(OO)c3ccc(OCCCCCCOC(=O)C=C)cc3)cc2C)cc1. The molecule has 0 amide bonds. The molecule has 266 valence electrons. The Morgan fingerprint density at radius 3 is 1.80 bits per heavy atom. The fourth-order valence-electron chi connectivity index (χ4n) is 4.78. The van der Waals surface area contributed by atoms with Gasteiger partial charge >= 0.3 is 5.97 Å². The van der Waals surface area contributed by atoms with Crippen LogP contribution in [0, 0.1) is 6.92 Å². The Labute approximate surface area is 290 Å². The lowest BCUT2D eigenvalue weighted by Gasteiger charge is -2.17. The number of benzene rings is 3. The summed E-state index contributed by atoms with van der Waals surface area (Å²) in [5, 5.41) is 9.74.